The zero-order valence-corrected chi connectivity index (χ0v) is 50.3. The molecule has 2 heterocycles. The van der Waals surface area contributed by atoms with Gasteiger partial charge in [-0.1, -0.05) is 164 Å². The quantitative estimate of drug-likeness (QED) is 0.0866. The van der Waals surface area contributed by atoms with Gasteiger partial charge >= 0.3 is 11.9 Å². The first-order valence-electron chi connectivity index (χ1n) is 25.8. The van der Waals surface area contributed by atoms with E-state index >= 15 is 0 Å². The zero-order chi connectivity index (χ0) is 57.7. The minimum absolute atomic E-state index is 0.00355. The molecule has 77 heavy (non-hydrogen) atoms. The van der Waals surface area contributed by atoms with Gasteiger partial charge < -0.3 is 20.0 Å². The highest BCUT2D eigenvalue weighted by atomic mass is 35.5. The van der Waals surface area contributed by atoms with E-state index in [0.717, 1.165) is 22.3 Å². The first kappa shape index (κ1) is 63.3. The van der Waals surface area contributed by atoms with Crippen LogP contribution >= 0.6 is 46.4 Å². The first-order chi connectivity index (χ1) is 35.7. The second-order valence-electron chi connectivity index (χ2n) is 22.5. The number of carbonyl (C=O) groups excluding carboxylic acids is 3. The maximum atomic E-state index is 14.5. The summed E-state index contributed by atoms with van der Waals surface area (Å²) in [6.07, 6.45) is -0.134. The van der Waals surface area contributed by atoms with E-state index in [-0.39, 0.29) is 66.3 Å². The number of nitrogens with zero attached hydrogens (tertiary/aromatic N) is 3. The number of piperidine rings is 2. The predicted molar refractivity (Wildman–Crippen MR) is 310 cm³/mol. The average Bonchev–Trinajstić information content (AvgIpc) is 3.32. The van der Waals surface area contributed by atoms with Crippen LogP contribution in [0, 0.1) is 27.4 Å². The molecular weight excluding hydrogens is 1100 g/mol. The Hall–Kier alpha value is -4.51. The number of likely N-dealkylation sites (tertiary alicyclic amines) is 2. The molecule has 6 rings (SSSR count). The maximum absolute atomic E-state index is 14.5. The Morgan fingerprint density at radius 3 is 1.26 bits per heavy atom. The van der Waals surface area contributed by atoms with Gasteiger partial charge in [0, 0.05) is 71.2 Å². The maximum Gasteiger partial charge on any atom is 0.304 e. The Labute approximate surface area is 475 Å². The molecule has 13 nitrogen and oxygen atoms in total. The lowest BCUT2D eigenvalue weighted by atomic mass is 9.66. The SMILES string of the molecule is CC(=O)N=S(=O)(C[C@H](C(C)C)N1C(=O)[C@@](C)(CC(=O)O)C[C@H](c2cccc(Cl)c2)[C@H]1c1ccc(Cl)cc1)C(C)C.CC(C)[C@@H](CS(=N)(=O)C(C)C)N1C(=O)[C@@](C)(CC(=O)O)C[C@H](c2cccc(Cl)c2)[C@H]1c1ccc(Cl)cc1. The number of benzene rings is 4. The van der Waals surface area contributed by atoms with Crippen molar-refractivity contribution in [3.63, 3.8) is 0 Å². The molecule has 0 spiro atoms. The second-order valence-corrected chi connectivity index (χ2v) is 29.8. The molecule has 0 bridgehead atoms. The van der Waals surface area contributed by atoms with Gasteiger partial charge in [-0.2, -0.15) is 4.36 Å². The largest absolute Gasteiger partial charge is 0.481 e. The van der Waals surface area contributed by atoms with Crippen LogP contribution in [0.3, 0.4) is 0 Å². The molecule has 4 aromatic carbocycles. The predicted octanol–water partition coefficient (Wildman–Crippen LogP) is 14.0. The van der Waals surface area contributed by atoms with Gasteiger partial charge in [0.25, 0.3) is 5.91 Å². The van der Waals surface area contributed by atoms with Crippen molar-refractivity contribution in [2.75, 3.05) is 11.5 Å². The Balaban J connectivity index is 0.000000285. The summed E-state index contributed by atoms with van der Waals surface area (Å²) in [6.45, 7) is 19.4. The van der Waals surface area contributed by atoms with Crippen molar-refractivity contribution < 1.29 is 42.6 Å². The van der Waals surface area contributed by atoms with Crippen LogP contribution in [0.15, 0.2) is 101 Å². The second kappa shape index (κ2) is 25.7. The van der Waals surface area contributed by atoms with Crippen molar-refractivity contribution >= 4 is 95.5 Å². The summed E-state index contributed by atoms with van der Waals surface area (Å²) in [6, 6.07) is 27.2. The number of nitrogens with one attached hydrogen (secondary N) is 1. The summed E-state index contributed by atoms with van der Waals surface area (Å²) >= 11 is 25.2. The van der Waals surface area contributed by atoms with Gasteiger partial charge in [0.15, 0.2) is 0 Å². The molecule has 420 valence electrons. The van der Waals surface area contributed by atoms with Crippen molar-refractivity contribution in [3.05, 3.63) is 139 Å². The zero-order valence-electron chi connectivity index (χ0n) is 45.7. The van der Waals surface area contributed by atoms with Crippen molar-refractivity contribution in [1.29, 1.82) is 4.78 Å². The number of rotatable bonds is 18. The molecule has 2 aliphatic heterocycles. The van der Waals surface area contributed by atoms with Crippen LogP contribution in [-0.4, -0.2) is 92.2 Å². The summed E-state index contributed by atoms with van der Waals surface area (Å²) in [7, 11) is -6.09. The minimum Gasteiger partial charge on any atom is -0.481 e. The molecule has 2 saturated heterocycles. The van der Waals surface area contributed by atoms with Crippen molar-refractivity contribution in [1.82, 2.24) is 9.80 Å². The van der Waals surface area contributed by atoms with Gasteiger partial charge in [-0.25, -0.2) is 8.42 Å². The molecule has 4 aromatic rings. The highest BCUT2D eigenvalue weighted by Crippen LogP contribution is 2.54. The van der Waals surface area contributed by atoms with E-state index in [2.05, 4.69) is 4.36 Å². The molecule has 3 amide bonds. The normalized spacial score (nSPS) is 24.2. The number of carboxylic acids is 2. The summed E-state index contributed by atoms with van der Waals surface area (Å²) in [5.41, 5.74) is 0.958. The lowest BCUT2D eigenvalue weighted by Crippen LogP contribution is -2.59. The van der Waals surface area contributed by atoms with Crippen LogP contribution in [-0.2, 0) is 43.4 Å². The van der Waals surface area contributed by atoms with Crippen LogP contribution in [0.4, 0.5) is 0 Å². The van der Waals surface area contributed by atoms with Gasteiger partial charge in [0.1, 0.15) is 0 Å². The summed E-state index contributed by atoms with van der Waals surface area (Å²) in [4.78, 5) is 68.4. The molecule has 0 saturated carbocycles. The summed E-state index contributed by atoms with van der Waals surface area (Å²) in [5, 5.41) is 21.0. The Morgan fingerprint density at radius 2 is 0.961 bits per heavy atom. The first-order valence-corrected chi connectivity index (χ1v) is 30.9. The molecule has 0 aliphatic carbocycles. The molecule has 2 unspecified atom stereocenters. The van der Waals surface area contributed by atoms with Gasteiger partial charge in [-0.15, -0.1) is 0 Å². The van der Waals surface area contributed by atoms with E-state index in [1.54, 1.807) is 87.7 Å². The van der Waals surface area contributed by atoms with Gasteiger partial charge in [-0.05, 0) is 95.5 Å². The third kappa shape index (κ3) is 15.2. The van der Waals surface area contributed by atoms with E-state index in [0.29, 0.717) is 26.5 Å². The van der Waals surface area contributed by atoms with Crippen LogP contribution in [0.1, 0.15) is 148 Å². The number of carbonyl (C=O) groups is 5. The molecule has 3 N–H and O–H groups in total. The van der Waals surface area contributed by atoms with Crippen LogP contribution in [0.5, 0.6) is 0 Å². The Bertz CT molecular complexity index is 3040. The highest BCUT2D eigenvalue weighted by molar-refractivity contribution is 7.94. The number of amides is 3. The number of aliphatic carboxylic acids is 2. The third-order valence-corrected chi connectivity index (χ3v) is 21.3. The van der Waals surface area contributed by atoms with Crippen molar-refractivity contribution in [2.45, 2.75) is 148 Å². The average molecular weight is 1180 g/mol. The number of carboxylic acid groups (broad SMARTS) is 2. The summed E-state index contributed by atoms with van der Waals surface area (Å²) < 4.78 is 40.2. The summed E-state index contributed by atoms with van der Waals surface area (Å²) in [5.74, 6) is -4.26. The number of halogens is 4. The fraction of sp³-hybridized carbons (Fsp3) is 0.500. The van der Waals surface area contributed by atoms with Crippen molar-refractivity contribution in [2.24, 2.45) is 27.0 Å². The lowest BCUT2D eigenvalue weighted by molar-refractivity contribution is -0.161. The smallest absolute Gasteiger partial charge is 0.304 e. The van der Waals surface area contributed by atoms with Crippen molar-refractivity contribution in [3.8, 4) is 0 Å². The van der Waals surface area contributed by atoms with Crippen LogP contribution in [0.2, 0.25) is 20.1 Å². The van der Waals surface area contributed by atoms with E-state index in [1.807, 2.05) is 88.4 Å². The van der Waals surface area contributed by atoms with Gasteiger partial charge in [0.2, 0.25) is 11.8 Å². The number of hydrogen-bond donors (Lipinski definition) is 3. The lowest BCUT2D eigenvalue weighted by Gasteiger charge is -2.53. The number of hydrogen-bond acceptors (Lipinski definition) is 8. The van der Waals surface area contributed by atoms with Gasteiger partial charge in [0.05, 0.1) is 57.0 Å². The Morgan fingerprint density at radius 1 is 0.597 bits per heavy atom. The topological polar surface area (TPSA) is 203 Å². The van der Waals surface area contributed by atoms with E-state index in [4.69, 9.17) is 51.2 Å². The third-order valence-electron chi connectivity index (χ3n) is 15.1. The van der Waals surface area contributed by atoms with E-state index in [1.165, 1.54) is 6.92 Å². The molecule has 0 aromatic heterocycles. The van der Waals surface area contributed by atoms with Crippen LogP contribution in [0.25, 0.3) is 0 Å². The highest BCUT2D eigenvalue weighted by Gasteiger charge is 2.55. The molecule has 19 heteroatoms. The fourth-order valence-corrected chi connectivity index (χ4v) is 15.1. The molecule has 2 fully saturated rings. The van der Waals surface area contributed by atoms with Gasteiger partial charge in [-0.3, -0.25) is 28.8 Å². The molecular formula is C58H74Cl4N4O9S2. The minimum atomic E-state index is -3.06. The van der Waals surface area contributed by atoms with E-state index in [9.17, 15) is 42.6 Å². The standard InChI is InChI=1S/C30H38Cl2N2O5S.C28H36Cl2N2O4S/c1-18(2)26(17-40(39,19(3)4)33-20(5)35)34-28(21-10-12-23(31)13-11-21)25(22-8-7-9-24(32)14-22)15-30(6,29(34)38)16-27(36)37;1-17(2)24(16-37(31,36)18(3)4)32-26(19-9-11-21(29)12-10-19)23(20-7-6-8-22(30)13-20)14-28(5,27(32)35)15-25(33)34/h7-14,18-19,25-26,28H,15-17H2,1-6H3,(H,36,37);6-13,17-18,23-24,26,31H,14-16H2,1-5H3,(H,33,34)/t25-,26-,28-,30-,40?;23-,24-,26-,28-,37?/m11/s1. The monoisotopic (exact) mass is 1170 g/mol. The van der Waals surface area contributed by atoms with E-state index < -0.39 is 82.8 Å². The molecule has 0 radical (unpaired) electrons. The Kier molecular flexibility index (Phi) is 21.2. The molecule has 10 atom stereocenters. The fourth-order valence-electron chi connectivity index (χ4n) is 10.9. The molecule has 2 aliphatic rings. The van der Waals surface area contributed by atoms with Crippen LogP contribution < -0.4 is 0 Å².